The molecule has 0 radical (unpaired) electrons. The van der Waals surface area contributed by atoms with Crippen molar-refractivity contribution in [2.24, 2.45) is 7.05 Å². The van der Waals surface area contributed by atoms with Crippen LogP contribution in [0.2, 0.25) is 0 Å². The number of carbonyl (C=O) groups is 1. The van der Waals surface area contributed by atoms with Gasteiger partial charge < -0.3 is 4.57 Å². The van der Waals surface area contributed by atoms with Crippen molar-refractivity contribution in [1.82, 2.24) is 9.55 Å². The molecule has 3 heteroatoms. The highest BCUT2D eigenvalue weighted by molar-refractivity contribution is 6.19. The van der Waals surface area contributed by atoms with Gasteiger partial charge in [0.25, 0.3) is 0 Å². The summed E-state index contributed by atoms with van der Waals surface area (Å²) in [4.78, 5) is 17.2. The third-order valence-corrected chi connectivity index (χ3v) is 4.07. The van der Waals surface area contributed by atoms with Crippen LogP contribution in [-0.4, -0.2) is 15.3 Å². The molecule has 0 spiro atoms. The number of pyridine rings is 1. The van der Waals surface area contributed by atoms with Gasteiger partial charge in [-0.2, -0.15) is 0 Å². The summed E-state index contributed by atoms with van der Waals surface area (Å²) >= 11 is 0. The topological polar surface area (TPSA) is 34.9 Å². The van der Waals surface area contributed by atoms with E-state index in [1.54, 1.807) is 6.20 Å². The first-order valence-electron chi connectivity index (χ1n) is 7.19. The highest BCUT2D eigenvalue weighted by Gasteiger charge is 2.18. The van der Waals surface area contributed by atoms with Gasteiger partial charge in [-0.25, -0.2) is 0 Å². The molecular weight excluding hydrogens is 272 g/mol. The molecule has 0 amide bonds. The summed E-state index contributed by atoms with van der Waals surface area (Å²) in [6.07, 6.45) is 1.71. The molecule has 0 bridgehead atoms. The Hall–Kier alpha value is -2.94. The average Bonchev–Trinajstić information content (AvgIpc) is 2.89. The largest absolute Gasteiger partial charge is 0.342 e. The van der Waals surface area contributed by atoms with Crippen LogP contribution in [0.1, 0.15) is 16.1 Å². The van der Waals surface area contributed by atoms with E-state index in [1.165, 1.54) is 0 Å². The van der Waals surface area contributed by atoms with Crippen molar-refractivity contribution >= 4 is 27.6 Å². The molecule has 0 fully saturated rings. The van der Waals surface area contributed by atoms with E-state index in [2.05, 4.69) is 17.1 Å². The standard InChI is InChI=1S/C19H14N2O/c1-21-16-10-6-5-9-14(16)15-11-12-20-17(18(15)21)19(22)13-7-3-2-4-8-13/h2-12H,1H3. The molecule has 4 aromatic rings. The number of benzene rings is 2. The van der Waals surface area contributed by atoms with Crippen molar-refractivity contribution in [3.63, 3.8) is 0 Å². The molecule has 0 aliphatic carbocycles. The van der Waals surface area contributed by atoms with Gasteiger partial charge in [0.2, 0.25) is 5.78 Å². The highest BCUT2D eigenvalue weighted by Crippen LogP contribution is 2.30. The molecule has 0 saturated carbocycles. The van der Waals surface area contributed by atoms with Crippen molar-refractivity contribution in [1.29, 1.82) is 0 Å². The number of ketones is 1. The van der Waals surface area contributed by atoms with Crippen molar-refractivity contribution < 1.29 is 4.79 Å². The Bertz CT molecular complexity index is 1000. The first-order chi connectivity index (χ1) is 10.8. The van der Waals surface area contributed by atoms with Crippen LogP contribution in [0.25, 0.3) is 21.8 Å². The van der Waals surface area contributed by atoms with Crippen LogP contribution in [0.3, 0.4) is 0 Å². The van der Waals surface area contributed by atoms with Crippen LogP contribution >= 0.6 is 0 Å². The number of rotatable bonds is 2. The second kappa shape index (κ2) is 4.81. The van der Waals surface area contributed by atoms with Gasteiger partial charge in [0.1, 0.15) is 5.69 Å². The van der Waals surface area contributed by atoms with Crippen LogP contribution < -0.4 is 0 Å². The molecule has 0 unspecified atom stereocenters. The van der Waals surface area contributed by atoms with E-state index in [0.717, 1.165) is 21.8 Å². The zero-order valence-corrected chi connectivity index (χ0v) is 12.2. The van der Waals surface area contributed by atoms with Crippen molar-refractivity contribution in [2.45, 2.75) is 0 Å². The summed E-state index contributed by atoms with van der Waals surface area (Å²) in [5.41, 5.74) is 3.15. The normalized spacial score (nSPS) is 11.1. The molecule has 3 nitrogen and oxygen atoms in total. The maximum atomic E-state index is 12.8. The predicted octanol–water partition coefficient (Wildman–Crippen LogP) is 3.96. The first kappa shape index (κ1) is 12.8. The first-order valence-corrected chi connectivity index (χ1v) is 7.19. The summed E-state index contributed by atoms with van der Waals surface area (Å²) in [6, 6.07) is 19.4. The Morgan fingerprint density at radius 2 is 1.64 bits per heavy atom. The summed E-state index contributed by atoms with van der Waals surface area (Å²) in [5, 5.41) is 2.21. The number of carbonyl (C=O) groups excluding carboxylic acids is 1. The summed E-state index contributed by atoms with van der Waals surface area (Å²) in [5.74, 6) is -0.0443. The Balaban J connectivity index is 2.05. The van der Waals surface area contributed by atoms with Crippen LogP contribution in [0.15, 0.2) is 66.9 Å². The molecule has 2 aromatic carbocycles. The Kier molecular flexibility index (Phi) is 2.79. The summed E-state index contributed by atoms with van der Waals surface area (Å²) < 4.78 is 2.05. The zero-order valence-electron chi connectivity index (χ0n) is 12.2. The van der Waals surface area contributed by atoms with Gasteiger partial charge in [0, 0.05) is 35.1 Å². The van der Waals surface area contributed by atoms with Gasteiger partial charge in [-0.3, -0.25) is 9.78 Å². The summed E-state index contributed by atoms with van der Waals surface area (Å²) in [6.45, 7) is 0. The summed E-state index contributed by atoms with van der Waals surface area (Å²) in [7, 11) is 1.98. The maximum absolute atomic E-state index is 12.8. The molecule has 22 heavy (non-hydrogen) atoms. The zero-order chi connectivity index (χ0) is 15.1. The lowest BCUT2D eigenvalue weighted by atomic mass is 10.1. The number of hydrogen-bond acceptors (Lipinski definition) is 2. The quantitative estimate of drug-likeness (QED) is 0.523. The Morgan fingerprint density at radius 1 is 0.909 bits per heavy atom. The number of aromatic nitrogens is 2. The van der Waals surface area contributed by atoms with E-state index in [1.807, 2.05) is 60.1 Å². The molecule has 0 saturated heterocycles. The molecule has 4 rings (SSSR count). The van der Waals surface area contributed by atoms with Crippen molar-refractivity contribution in [2.75, 3.05) is 0 Å². The molecule has 106 valence electrons. The minimum absolute atomic E-state index is 0.0443. The number of para-hydroxylation sites is 1. The monoisotopic (exact) mass is 286 g/mol. The molecular formula is C19H14N2O. The SMILES string of the molecule is Cn1c2ccccc2c2ccnc(C(=O)c3ccccc3)c21. The Labute approximate surface area is 127 Å². The number of hydrogen-bond donors (Lipinski definition) is 0. The lowest BCUT2D eigenvalue weighted by Gasteiger charge is -2.05. The minimum Gasteiger partial charge on any atom is -0.342 e. The van der Waals surface area contributed by atoms with Gasteiger partial charge in [0.05, 0.1) is 5.52 Å². The molecule has 0 aliphatic heterocycles. The number of aryl methyl sites for hydroxylation is 1. The maximum Gasteiger partial charge on any atom is 0.213 e. The third kappa shape index (κ3) is 1.76. The van der Waals surface area contributed by atoms with Gasteiger partial charge >= 0.3 is 0 Å². The van der Waals surface area contributed by atoms with E-state index in [0.29, 0.717) is 11.3 Å². The molecule has 2 aromatic heterocycles. The van der Waals surface area contributed by atoms with Crippen LogP contribution in [0.5, 0.6) is 0 Å². The lowest BCUT2D eigenvalue weighted by Crippen LogP contribution is -2.06. The van der Waals surface area contributed by atoms with E-state index in [4.69, 9.17) is 0 Å². The van der Waals surface area contributed by atoms with E-state index >= 15 is 0 Å². The molecule has 0 atom stereocenters. The van der Waals surface area contributed by atoms with Gasteiger partial charge in [0.15, 0.2) is 0 Å². The lowest BCUT2D eigenvalue weighted by molar-refractivity contribution is 0.103. The predicted molar refractivity (Wildman–Crippen MR) is 88.1 cm³/mol. The van der Waals surface area contributed by atoms with Gasteiger partial charge in [-0.15, -0.1) is 0 Å². The van der Waals surface area contributed by atoms with Crippen LogP contribution in [0, 0.1) is 0 Å². The highest BCUT2D eigenvalue weighted by atomic mass is 16.1. The average molecular weight is 286 g/mol. The fourth-order valence-electron chi connectivity index (χ4n) is 3.02. The smallest absolute Gasteiger partial charge is 0.213 e. The van der Waals surface area contributed by atoms with Crippen molar-refractivity contribution in [3.05, 3.63) is 78.1 Å². The molecule has 0 aliphatic rings. The second-order valence-corrected chi connectivity index (χ2v) is 5.33. The van der Waals surface area contributed by atoms with E-state index in [9.17, 15) is 4.79 Å². The fraction of sp³-hybridized carbons (Fsp3) is 0.0526. The number of fused-ring (bicyclic) bond motifs is 3. The van der Waals surface area contributed by atoms with Gasteiger partial charge in [-0.05, 0) is 12.1 Å². The third-order valence-electron chi connectivity index (χ3n) is 4.07. The van der Waals surface area contributed by atoms with Crippen molar-refractivity contribution in [3.8, 4) is 0 Å². The van der Waals surface area contributed by atoms with E-state index in [-0.39, 0.29) is 5.78 Å². The fourth-order valence-corrected chi connectivity index (χ4v) is 3.02. The van der Waals surface area contributed by atoms with Crippen LogP contribution in [0.4, 0.5) is 0 Å². The molecule has 2 heterocycles. The number of nitrogens with zero attached hydrogens (tertiary/aromatic N) is 2. The van der Waals surface area contributed by atoms with Crippen LogP contribution in [-0.2, 0) is 7.05 Å². The minimum atomic E-state index is -0.0443. The Morgan fingerprint density at radius 3 is 2.45 bits per heavy atom. The van der Waals surface area contributed by atoms with Gasteiger partial charge in [-0.1, -0.05) is 48.5 Å². The van der Waals surface area contributed by atoms with E-state index < -0.39 is 0 Å². The molecule has 0 N–H and O–H groups in total. The second-order valence-electron chi connectivity index (χ2n) is 5.33.